The van der Waals surface area contributed by atoms with Crippen molar-refractivity contribution in [2.45, 2.75) is 20.3 Å². The maximum Gasteiger partial charge on any atom is 0.239 e. The number of nitrogens with one attached hydrogen (secondary N) is 1. The number of carbonyl (C=O) groups excluding carboxylic acids is 1. The predicted molar refractivity (Wildman–Crippen MR) is 57.1 cm³/mol. The third-order valence-corrected chi connectivity index (χ3v) is 1.86. The second kappa shape index (κ2) is 5.17. The van der Waals surface area contributed by atoms with Gasteiger partial charge >= 0.3 is 0 Å². The van der Waals surface area contributed by atoms with Gasteiger partial charge in [-0.2, -0.15) is 5.10 Å². The molecule has 1 rings (SSSR count). The molecule has 1 amide bonds. The lowest BCUT2D eigenvalue weighted by atomic mass is 10.1. The largest absolute Gasteiger partial charge is 0.273 e. The molecule has 0 aliphatic rings. The van der Waals surface area contributed by atoms with E-state index in [1.807, 2.05) is 37.3 Å². The van der Waals surface area contributed by atoms with Crippen LogP contribution in [-0.4, -0.2) is 11.6 Å². The van der Waals surface area contributed by atoms with Crippen molar-refractivity contribution in [1.29, 1.82) is 0 Å². The first kappa shape index (κ1) is 10.4. The minimum Gasteiger partial charge on any atom is -0.273 e. The van der Waals surface area contributed by atoms with E-state index in [9.17, 15) is 4.79 Å². The fourth-order valence-corrected chi connectivity index (χ4v) is 0.969. The second-order valence-electron chi connectivity index (χ2n) is 2.95. The maximum atomic E-state index is 10.9. The third-order valence-electron chi connectivity index (χ3n) is 1.86. The van der Waals surface area contributed by atoms with Crippen molar-refractivity contribution in [2.75, 3.05) is 0 Å². The quantitative estimate of drug-likeness (QED) is 0.574. The van der Waals surface area contributed by atoms with Crippen molar-refractivity contribution >= 4 is 11.6 Å². The molecular formula is C11H14N2O. The maximum absolute atomic E-state index is 10.9. The summed E-state index contributed by atoms with van der Waals surface area (Å²) in [7, 11) is 0. The normalized spacial score (nSPS) is 11.1. The van der Waals surface area contributed by atoms with E-state index in [2.05, 4.69) is 10.5 Å². The first-order valence-corrected chi connectivity index (χ1v) is 4.62. The monoisotopic (exact) mass is 190 g/mol. The van der Waals surface area contributed by atoms with Crippen LogP contribution in [0.15, 0.2) is 35.4 Å². The second-order valence-corrected chi connectivity index (χ2v) is 2.95. The molecule has 74 valence electrons. The summed E-state index contributed by atoms with van der Waals surface area (Å²) in [4.78, 5) is 10.9. The van der Waals surface area contributed by atoms with E-state index in [1.54, 1.807) is 6.92 Å². The highest BCUT2D eigenvalue weighted by molar-refractivity contribution is 5.99. The Labute approximate surface area is 83.8 Å². The first-order valence-electron chi connectivity index (χ1n) is 4.62. The molecule has 0 atom stereocenters. The first-order chi connectivity index (χ1) is 6.74. The molecule has 0 aliphatic heterocycles. The number of nitrogens with zero attached hydrogens (tertiary/aromatic N) is 1. The molecule has 1 N–H and O–H groups in total. The summed E-state index contributed by atoms with van der Waals surface area (Å²) in [5, 5.41) is 3.98. The number of hydrazone groups is 1. The third kappa shape index (κ3) is 3.01. The van der Waals surface area contributed by atoms with Crippen LogP contribution in [0.2, 0.25) is 0 Å². The van der Waals surface area contributed by atoms with Crippen LogP contribution >= 0.6 is 0 Å². The van der Waals surface area contributed by atoms with E-state index >= 15 is 0 Å². The molecule has 3 nitrogen and oxygen atoms in total. The molecule has 1 aromatic rings. The minimum atomic E-state index is -0.0692. The summed E-state index contributed by atoms with van der Waals surface area (Å²) in [5.41, 5.74) is 4.31. The average Bonchev–Trinajstić information content (AvgIpc) is 2.26. The van der Waals surface area contributed by atoms with Crippen LogP contribution in [0.5, 0.6) is 0 Å². The number of rotatable bonds is 3. The SMILES string of the molecule is CCC(=O)NN=C(C)c1ccccc1. The Morgan fingerprint density at radius 3 is 2.57 bits per heavy atom. The number of carbonyl (C=O) groups is 1. The molecule has 0 saturated carbocycles. The van der Waals surface area contributed by atoms with Gasteiger partial charge in [-0.05, 0) is 12.5 Å². The number of hydrogen-bond donors (Lipinski definition) is 1. The predicted octanol–water partition coefficient (Wildman–Crippen LogP) is 1.94. The van der Waals surface area contributed by atoms with Gasteiger partial charge in [-0.1, -0.05) is 37.3 Å². The van der Waals surface area contributed by atoms with Gasteiger partial charge in [0.2, 0.25) is 5.91 Å². The molecule has 1 aromatic carbocycles. The number of hydrogen-bond acceptors (Lipinski definition) is 2. The van der Waals surface area contributed by atoms with E-state index < -0.39 is 0 Å². The Hall–Kier alpha value is -1.64. The Kier molecular flexibility index (Phi) is 3.85. The van der Waals surface area contributed by atoms with Gasteiger partial charge in [0.15, 0.2) is 0 Å². The van der Waals surface area contributed by atoms with Crippen molar-refractivity contribution in [1.82, 2.24) is 5.43 Å². The Bertz CT molecular complexity index is 330. The summed E-state index contributed by atoms with van der Waals surface area (Å²) in [5.74, 6) is -0.0692. The molecule has 0 fully saturated rings. The molecule has 0 heterocycles. The standard InChI is InChI=1S/C11H14N2O/c1-3-11(14)13-12-9(2)10-7-5-4-6-8-10/h4-8H,3H2,1-2H3,(H,13,14). The molecule has 0 aromatic heterocycles. The average molecular weight is 190 g/mol. The summed E-state index contributed by atoms with van der Waals surface area (Å²) in [6.07, 6.45) is 0.450. The van der Waals surface area contributed by atoms with Crippen molar-refractivity contribution in [2.24, 2.45) is 5.10 Å². The highest BCUT2D eigenvalue weighted by atomic mass is 16.2. The summed E-state index contributed by atoms with van der Waals surface area (Å²) < 4.78 is 0. The zero-order valence-electron chi connectivity index (χ0n) is 8.45. The van der Waals surface area contributed by atoms with Crippen molar-refractivity contribution in [3.05, 3.63) is 35.9 Å². The van der Waals surface area contributed by atoms with Crippen LogP contribution in [0.3, 0.4) is 0 Å². The van der Waals surface area contributed by atoms with Crippen LogP contribution in [0.25, 0.3) is 0 Å². The molecule has 0 unspecified atom stereocenters. The molecule has 3 heteroatoms. The Morgan fingerprint density at radius 2 is 2.00 bits per heavy atom. The Balaban J connectivity index is 2.66. The van der Waals surface area contributed by atoms with Crippen LogP contribution in [0, 0.1) is 0 Å². The molecule has 0 saturated heterocycles. The van der Waals surface area contributed by atoms with Gasteiger partial charge in [0, 0.05) is 6.42 Å². The lowest BCUT2D eigenvalue weighted by molar-refractivity contribution is -0.120. The van der Waals surface area contributed by atoms with Crippen molar-refractivity contribution < 1.29 is 4.79 Å². The van der Waals surface area contributed by atoms with Crippen LogP contribution in [0.4, 0.5) is 0 Å². The van der Waals surface area contributed by atoms with Gasteiger partial charge < -0.3 is 0 Å². The van der Waals surface area contributed by atoms with Crippen molar-refractivity contribution in [3.63, 3.8) is 0 Å². The van der Waals surface area contributed by atoms with Gasteiger partial charge in [-0.25, -0.2) is 5.43 Å². The fourth-order valence-electron chi connectivity index (χ4n) is 0.969. The summed E-state index contributed by atoms with van der Waals surface area (Å²) >= 11 is 0. The van der Waals surface area contributed by atoms with Gasteiger partial charge in [-0.15, -0.1) is 0 Å². The molecule has 14 heavy (non-hydrogen) atoms. The van der Waals surface area contributed by atoms with Crippen LogP contribution < -0.4 is 5.43 Å². The van der Waals surface area contributed by atoms with Crippen LogP contribution in [0.1, 0.15) is 25.8 Å². The van der Waals surface area contributed by atoms with Gasteiger partial charge in [0.1, 0.15) is 0 Å². The van der Waals surface area contributed by atoms with Crippen LogP contribution in [-0.2, 0) is 4.79 Å². The van der Waals surface area contributed by atoms with E-state index in [0.29, 0.717) is 6.42 Å². The van der Waals surface area contributed by atoms with Gasteiger partial charge in [0.05, 0.1) is 5.71 Å². The molecular weight excluding hydrogens is 176 g/mol. The smallest absolute Gasteiger partial charge is 0.239 e. The topological polar surface area (TPSA) is 41.5 Å². The number of benzene rings is 1. The molecule has 0 bridgehead atoms. The molecule has 0 spiro atoms. The van der Waals surface area contributed by atoms with E-state index in [-0.39, 0.29) is 5.91 Å². The van der Waals surface area contributed by atoms with Gasteiger partial charge in [-0.3, -0.25) is 4.79 Å². The lowest BCUT2D eigenvalue weighted by Crippen LogP contribution is -2.17. The summed E-state index contributed by atoms with van der Waals surface area (Å²) in [6.45, 7) is 3.66. The van der Waals surface area contributed by atoms with Gasteiger partial charge in [0.25, 0.3) is 0 Å². The Morgan fingerprint density at radius 1 is 1.36 bits per heavy atom. The molecule has 0 aliphatic carbocycles. The number of amides is 1. The van der Waals surface area contributed by atoms with E-state index in [0.717, 1.165) is 11.3 Å². The van der Waals surface area contributed by atoms with E-state index in [1.165, 1.54) is 0 Å². The molecule has 0 radical (unpaired) electrons. The minimum absolute atomic E-state index is 0.0692. The zero-order chi connectivity index (χ0) is 10.4. The summed E-state index contributed by atoms with van der Waals surface area (Å²) in [6, 6.07) is 9.74. The zero-order valence-corrected chi connectivity index (χ0v) is 8.45. The lowest BCUT2D eigenvalue weighted by Gasteiger charge is -2.00. The van der Waals surface area contributed by atoms with Crippen molar-refractivity contribution in [3.8, 4) is 0 Å². The highest BCUT2D eigenvalue weighted by Crippen LogP contribution is 1.99. The van der Waals surface area contributed by atoms with E-state index in [4.69, 9.17) is 0 Å². The highest BCUT2D eigenvalue weighted by Gasteiger charge is 1.97. The fraction of sp³-hybridized carbons (Fsp3) is 0.273.